The van der Waals surface area contributed by atoms with E-state index in [4.69, 9.17) is 6.42 Å². The fraction of sp³-hybridized carbons (Fsp3) is 0.214. The number of carbonyl (C=O) groups excluding carboxylic acids is 1. The molecule has 0 aliphatic rings. The van der Waals surface area contributed by atoms with Gasteiger partial charge in [0, 0.05) is 5.56 Å². The average molecular weight is 286 g/mol. The van der Waals surface area contributed by atoms with Crippen LogP contribution < -0.4 is 5.32 Å². The highest BCUT2D eigenvalue weighted by Gasteiger charge is 2.08. The second-order valence-electron chi connectivity index (χ2n) is 4.10. The molecule has 20 heavy (non-hydrogen) atoms. The fourth-order valence-electron chi connectivity index (χ4n) is 1.48. The van der Waals surface area contributed by atoms with Crippen LogP contribution in [0.4, 0.5) is 0 Å². The number of H-pyrrole nitrogens is 1. The van der Waals surface area contributed by atoms with Gasteiger partial charge in [-0.25, -0.2) is 4.98 Å². The number of hydrogen-bond acceptors (Lipinski definition) is 4. The van der Waals surface area contributed by atoms with Crippen LogP contribution in [0.25, 0.3) is 11.4 Å². The first-order chi connectivity index (χ1) is 9.69. The molecule has 1 heterocycles. The first kappa shape index (κ1) is 14.2. The number of thioether (sulfide) groups is 1. The van der Waals surface area contributed by atoms with E-state index in [-0.39, 0.29) is 18.2 Å². The number of aromatic amines is 1. The van der Waals surface area contributed by atoms with Crippen LogP contribution in [-0.4, -0.2) is 33.4 Å². The van der Waals surface area contributed by atoms with E-state index in [1.807, 2.05) is 31.2 Å². The normalized spacial score (nSPS) is 10.0. The number of aromatic nitrogens is 3. The number of nitrogens with one attached hydrogen (secondary N) is 2. The molecule has 2 aromatic rings. The van der Waals surface area contributed by atoms with Gasteiger partial charge in [0.1, 0.15) is 0 Å². The highest BCUT2D eigenvalue weighted by Crippen LogP contribution is 2.19. The molecule has 0 saturated heterocycles. The molecule has 0 aliphatic carbocycles. The summed E-state index contributed by atoms with van der Waals surface area (Å²) >= 11 is 1.26. The van der Waals surface area contributed by atoms with Gasteiger partial charge in [0.15, 0.2) is 5.82 Å². The highest BCUT2D eigenvalue weighted by molar-refractivity contribution is 7.99. The Kier molecular flexibility index (Phi) is 4.80. The summed E-state index contributed by atoms with van der Waals surface area (Å²) in [7, 11) is 0. The average Bonchev–Trinajstić information content (AvgIpc) is 2.92. The Bertz CT molecular complexity index is 627. The van der Waals surface area contributed by atoms with Gasteiger partial charge in [-0.3, -0.25) is 9.89 Å². The summed E-state index contributed by atoms with van der Waals surface area (Å²) in [6.45, 7) is 2.27. The monoisotopic (exact) mass is 286 g/mol. The van der Waals surface area contributed by atoms with E-state index in [0.717, 1.165) is 5.56 Å². The van der Waals surface area contributed by atoms with Crippen LogP contribution in [0.2, 0.25) is 0 Å². The van der Waals surface area contributed by atoms with Crippen molar-refractivity contribution in [3.63, 3.8) is 0 Å². The Balaban J connectivity index is 1.94. The van der Waals surface area contributed by atoms with Gasteiger partial charge >= 0.3 is 0 Å². The van der Waals surface area contributed by atoms with Crippen LogP contribution >= 0.6 is 11.8 Å². The van der Waals surface area contributed by atoms with E-state index in [1.165, 1.54) is 17.3 Å². The van der Waals surface area contributed by atoms with Crippen LogP contribution in [0.15, 0.2) is 29.4 Å². The zero-order valence-electron chi connectivity index (χ0n) is 11.0. The molecule has 102 valence electrons. The molecule has 0 atom stereocenters. The maximum Gasteiger partial charge on any atom is 0.231 e. The summed E-state index contributed by atoms with van der Waals surface area (Å²) in [5.74, 6) is 3.15. The minimum atomic E-state index is -0.130. The van der Waals surface area contributed by atoms with Crippen molar-refractivity contribution in [2.75, 3.05) is 12.3 Å². The highest BCUT2D eigenvalue weighted by atomic mass is 32.2. The summed E-state index contributed by atoms with van der Waals surface area (Å²) < 4.78 is 0. The Morgan fingerprint density at radius 2 is 2.20 bits per heavy atom. The van der Waals surface area contributed by atoms with Crippen LogP contribution in [0, 0.1) is 19.3 Å². The fourth-order valence-corrected chi connectivity index (χ4v) is 2.11. The van der Waals surface area contributed by atoms with Gasteiger partial charge in [0.2, 0.25) is 11.1 Å². The van der Waals surface area contributed by atoms with E-state index < -0.39 is 0 Å². The largest absolute Gasteiger partial charge is 0.344 e. The number of nitrogens with zero attached hydrogens (tertiary/aromatic N) is 2. The van der Waals surface area contributed by atoms with Crippen LogP contribution in [0.5, 0.6) is 0 Å². The van der Waals surface area contributed by atoms with Crippen molar-refractivity contribution in [3.05, 3.63) is 29.8 Å². The number of hydrogen-bond donors (Lipinski definition) is 2. The first-order valence-corrected chi connectivity index (χ1v) is 7.00. The predicted molar refractivity (Wildman–Crippen MR) is 79.1 cm³/mol. The number of rotatable bonds is 5. The topological polar surface area (TPSA) is 70.7 Å². The van der Waals surface area contributed by atoms with E-state index in [1.54, 1.807) is 0 Å². The van der Waals surface area contributed by atoms with E-state index in [0.29, 0.717) is 11.0 Å². The van der Waals surface area contributed by atoms with Gasteiger partial charge in [0.05, 0.1) is 12.3 Å². The van der Waals surface area contributed by atoms with Crippen molar-refractivity contribution >= 4 is 17.7 Å². The molecule has 2 rings (SSSR count). The SMILES string of the molecule is C#CCNC(=O)CSc1n[nH]c(-c2ccc(C)cc2)n1. The molecule has 6 heteroatoms. The van der Waals surface area contributed by atoms with Gasteiger partial charge in [-0.1, -0.05) is 47.5 Å². The van der Waals surface area contributed by atoms with E-state index >= 15 is 0 Å². The molecule has 2 N–H and O–H groups in total. The van der Waals surface area contributed by atoms with Crippen molar-refractivity contribution in [1.29, 1.82) is 0 Å². The van der Waals surface area contributed by atoms with Crippen molar-refractivity contribution in [3.8, 4) is 23.7 Å². The van der Waals surface area contributed by atoms with Gasteiger partial charge in [-0.2, -0.15) is 0 Å². The van der Waals surface area contributed by atoms with Gasteiger partial charge in [0.25, 0.3) is 0 Å². The van der Waals surface area contributed by atoms with Crippen LogP contribution in [0.1, 0.15) is 5.56 Å². The maximum absolute atomic E-state index is 11.4. The smallest absolute Gasteiger partial charge is 0.231 e. The van der Waals surface area contributed by atoms with E-state index in [9.17, 15) is 4.79 Å². The van der Waals surface area contributed by atoms with Gasteiger partial charge in [-0.15, -0.1) is 11.5 Å². The third kappa shape index (κ3) is 3.87. The molecule has 0 fully saturated rings. The lowest BCUT2D eigenvalue weighted by molar-refractivity contribution is -0.118. The second kappa shape index (κ2) is 6.78. The molecule has 0 radical (unpaired) electrons. The molecule has 1 amide bonds. The minimum Gasteiger partial charge on any atom is -0.344 e. The number of terminal acetylenes is 1. The number of amides is 1. The Hall–Kier alpha value is -2.26. The van der Waals surface area contributed by atoms with Crippen molar-refractivity contribution < 1.29 is 4.79 Å². The quantitative estimate of drug-likeness (QED) is 0.647. The predicted octanol–water partition coefficient (Wildman–Crippen LogP) is 1.62. The second-order valence-corrected chi connectivity index (χ2v) is 5.04. The number of carbonyl (C=O) groups is 1. The Labute approximate surface area is 121 Å². The molecule has 0 spiro atoms. The Morgan fingerprint density at radius 1 is 1.45 bits per heavy atom. The molecule has 0 saturated carbocycles. The molecule has 1 aromatic heterocycles. The lowest BCUT2D eigenvalue weighted by Gasteiger charge is -1.98. The molecule has 0 unspecified atom stereocenters. The van der Waals surface area contributed by atoms with Crippen molar-refractivity contribution in [2.45, 2.75) is 12.1 Å². The lowest BCUT2D eigenvalue weighted by Crippen LogP contribution is -2.25. The van der Waals surface area contributed by atoms with Gasteiger partial charge in [-0.05, 0) is 6.92 Å². The Morgan fingerprint density at radius 3 is 2.90 bits per heavy atom. The third-order valence-corrected chi connectivity index (χ3v) is 3.36. The molecule has 1 aromatic carbocycles. The zero-order valence-corrected chi connectivity index (χ0v) is 11.8. The number of benzene rings is 1. The molecule has 0 aliphatic heterocycles. The lowest BCUT2D eigenvalue weighted by atomic mass is 10.1. The van der Waals surface area contributed by atoms with Crippen LogP contribution in [0.3, 0.4) is 0 Å². The zero-order chi connectivity index (χ0) is 14.4. The van der Waals surface area contributed by atoms with Gasteiger partial charge < -0.3 is 5.32 Å². The van der Waals surface area contributed by atoms with E-state index in [2.05, 4.69) is 26.4 Å². The maximum atomic E-state index is 11.4. The summed E-state index contributed by atoms with van der Waals surface area (Å²) in [5.41, 5.74) is 2.15. The first-order valence-electron chi connectivity index (χ1n) is 6.01. The summed E-state index contributed by atoms with van der Waals surface area (Å²) in [6, 6.07) is 7.98. The molecule has 0 bridgehead atoms. The number of aryl methyl sites for hydroxylation is 1. The molecule has 5 nitrogen and oxygen atoms in total. The third-order valence-electron chi connectivity index (χ3n) is 2.51. The van der Waals surface area contributed by atoms with Crippen molar-refractivity contribution in [2.24, 2.45) is 0 Å². The minimum absolute atomic E-state index is 0.130. The summed E-state index contributed by atoms with van der Waals surface area (Å²) in [5, 5.41) is 10.1. The summed E-state index contributed by atoms with van der Waals surface area (Å²) in [4.78, 5) is 15.7. The van der Waals surface area contributed by atoms with Crippen LogP contribution in [-0.2, 0) is 4.79 Å². The molecular formula is C14H14N4OS. The standard InChI is InChI=1S/C14H14N4OS/c1-3-8-15-12(19)9-20-14-16-13(17-18-14)11-6-4-10(2)5-7-11/h1,4-7H,8-9H2,2H3,(H,15,19)(H,16,17,18). The molecular weight excluding hydrogens is 272 g/mol. The van der Waals surface area contributed by atoms with Crippen molar-refractivity contribution in [1.82, 2.24) is 20.5 Å². The summed E-state index contributed by atoms with van der Waals surface area (Å²) in [6.07, 6.45) is 5.06.